The Kier molecular flexibility index (Phi) is 4.53. The van der Waals surface area contributed by atoms with E-state index in [1.165, 1.54) is 16.7 Å². The molecule has 0 spiro atoms. The maximum absolute atomic E-state index is 11.0. The lowest BCUT2D eigenvalue weighted by Gasteiger charge is -2.12. The van der Waals surface area contributed by atoms with E-state index in [0.29, 0.717) is 5.56 Å². The first-order chi connectivity index (χ1) is 7.60. The fourth-order valence-corrected chi connectivity index (χ4v) is 2.02. The summed E-state index contributed by atoms with van der Waals surface area (Å²) < 4.78 is 0. The van der Waals surface area contributed by atoms with Crippen molar-refractivity contribution in [2.45, 2.75) is 46.5 Å². The summed E-state index contributed by atoms with van der Waals surface area (Å²) in [6.45, 7) is 6.33. The van der Waals surface area contributed by atoms with Gasteiger partial charge >= 0.3 is 5.97 Å². The Bertz CT molecular complexity index is 353. The highest BCUT2D eigenvalue weighted by molar-refractivity contribution is 5.88. The molecule has 1 aromatic rings. The van der Waals surface area contributed by atoms with Crippen molar-refractivity contribution >= 4 is 5.97 Å². The van der Waals surface area contributed by atoms with Gasteiger partial charge in [-0.15, -0.1) is 0 Å². The standard InChI is InChI=1S/C14H20O2/c1-4-6-11-8-13(14(15)16)9-12(7-5-2)10(11)3/h8-9H,4-7H2,1-3H3,(H,15,16). The van der Waals surface area contributed by atoms with Crippen LogP contribution in [-0.4, -0.2) is 11.1 Å². The van der Waals surface area contributed by atoms with Crippen LogP contribution in [0.15, 0.2) is 12.1 Å². The van der Waals surface area contributed by atoms with Crippen LogP contribution in [-0.2, 0) is 12.8 Å². The minimum atomic E-state index is -0.824. The molecule has 0 aromatic heterocycles. The SMILES string of the molecule is CCCc1cc(C(=O)O)cc(CCC)c1C. The number of carboxylic acid groups (broad SMARTS) is 1. The monoisotopic (exact) mass is 220 g/mol. The zero-order chi connectivity index (χ0) is 12.1. The van der Waals surface area contributed by atoms with E-state index in [4.69, 9.17) is 5.11 Å². The molecule has 1 rings (SSSR count). The fourth-order valence-electron chi connectivity index (χ4n) is 2.02. The maximum atomic E-state index is 11.0. The highest BCUT2D eigenvalue weighted by Crippen LogP contribution is 2.20. The molecule has 0 aliphatic carbocycles. The molecule has 0 atom stereocenters. The molecule has 0 bridgehead atoms. The van der Waals surface area contributed by atoms with Crippen LogP contribution >= 0.6 is 0 Å². The van der Waals surface area contributed by atoms with E-state index < -0.39 is 5.97 Å². The lowest BCUT2D eigenvalue weighted by Crippen LogP contribution is -2.03. The van der Waals surface area contributed by atoms with Gasteiger partial charge in [0.2, 0.25) is 0 Å². The highest BCUT2D eigenvalue weighted by atomic mass is 16.4. The third kappa shape index (κ3) is 2.84. The number of rotatable bonds is 5. The van der Waals surface area contributed by atoms with E-state index in [-0.39, 0.29) is 0 Å². The van der Waals surface area contributed by atoms with Crippen molar-refractivity contribution in [2.24, 2.45) is 0 Å². The molecule has 1 aromatic carbocycles. The summed E-state index contributed by atoms with van der Waals surface area (Å²) >= 11 is 0. The van der Waals surface area contributed by atoms with Crippen LogP contribution in [0.25, 0.3) is 0 Å². The molecule has 16 heavy (non-hydrogen) atoms. The van der Waals surface area contributed by atoms with Gasteiger partial charge in [0, 0.05) is 0 Å². The summed E-state index contributed by atoms with van der Waals surface area (Å²) in [5.41, 5.74) is 4.07. The largest absolute Gasteiger partial charge is 0.478 e. The number of carbonyl (C=O) groups is 1. The average Bonchev–Trinajstić information content (AvgIpc) is 2.24. The van der Waals surface area contributed by atoms with E-state index >= 15 is 0 Å². The summed E-state index contributed by atoms with van der Waals surface area (Å²) in [7, 11) is 0. The van der Waals surface area contributed by atoms with Gasteiger partial charge in [-0.3, -0.25) is 0 Å². The van der Waals surface area contributed by atoms with Gasteiger partial charge in [0.1, 0.15) is 0 Å². The van der Waals surface area contributed by atoms with E-state index in [0.717, 1.165) is 25.7 Å². The second-order valence-corrected chi connectivity index (χ2v) is 4.22. The first-order valence-corrected chi connectivity index (χ1v) is 5.95. The fraction of sp³-hybridized carbons (Fsp3) is 0.500. The highest BCUT2D eigenvalue weighted by Gasteiger charge is 2.10. The lowest BCUT2D eigenvalue weighted by atomic mass is 9.94. The number of aromatic carboxylic acids is 1. The first-order valence-electron chi connectivity index (χ1n) is 5.95. The topological polar surface area (TPSA) is 37.3 Å². The molecule has 0 amide bonds. The normalized spacial score (nSPS) is 10.4. The number of hydrogen-bond acceptors (Lipinski definition) is 1. The molecule has 88 valence electrons. The second kappa shape index (κ2) is 5.69. The molecule has 0 fully saturated rings. The van der Waals surface area contributed by atoms with E-state index in [9.17, 15) is 4.79 Å². The smallest absolute Gasteiger partial charge is 0.335 e. The van der Waals surface area contributed by atoms with Gasteiger partial charge in [0.25, 0.3) is 0 Å². The van der Waals surface area contributed by atoms with Crippen molar-refractivity contribution in [1.82, 2.24) is 0 Å². The minimum absolute atomic E-state index is 0.428. The van der Waals surface area contributed by atoms with Gasteiger partial charge in [-0.1, -0.05) is 26.7 Å². The Morgan fingerprint density at radius 1 is 1.12 bits per heavy atom. The molecule has 0 heterocycles. The van der Waals surface area contributed by atoms with Crippen molar-refractivity contribution < 1.29 is 9.90 Å². The maximum Gasteiger partial charge on any atom is 0.335 e. The van der Waals surface area contributed by atoms with Gasteiger partial charge in [0.15, 0.2) is 0 Å². The molecule has 0 radical (unpaired) electrons. The predicted octanol–water partition coefficient (Wildman–Crippen LogP) is 3.60. The van der Waals surface area contributed by atoms with Crippen LogP contribution in [0, 0.1) is 6.92 Å². The molecular formula is C14H20O2. The Morgan fingerprint density at radius 3 is 1.88 bits per heavy atom. The summed E-state index contributed by atoms with van der Waals surface area (Å²) in [6, 6.07) is 3.64. The first kappa shape index (κ1) is 12.8. The van der Waals surface area contributed by atoms with Crippen molar-refractivity contribution in [1.29, 1.82) is 0 Å². The van der Waals surface area contributed by atoms with Crippen LogP contribution in [0.4, 0.5) is 0 Å². The molecule has 0 saturated heterocycles. The molecule has 0 aliphatic heterocycles. The summed E-state index contributed by atoms with van der Waals surface area (Å²) in [5, 5.41) is 9.06. The van der Waals surface area contributed by atoms with E-state index in [1.54, 1.807) is 0 Å². The van der Waals surface area contributed by atoms with Crippen LogP contribution in [0.5, 0.6) is 0 Å². The zero-order valence-corrected chi connectivity index (χ0v) is 10.3. The van der Waals surface area contributed by atoms with E-state index in [2.05, 4.69) is 20.8 Å². The van der Waals surface area contributed by atoms with Crippen LogP contribution in [0.2, 0.25) is 0 Å². The lowest BCUT2D eigenvalue weighted by molar-refractivity contribution is 0.0696. The van der Waals surface area contributed by atoms with Crippen LogP contribution < -0.4 is 0 Å². The second-order valence-electron chi connectivity index (χ2n) is 4.22. The number of aryl methyl sites for hydroxylation is 2. The molecular weight excluding hydrogens is 200 g/mol. The van der Waals surface area contributed by atoms with Gasteiger partial charge in [-0.05, 0) is 48.6 Å². The Labute approximate surface area is 97.3 Å². The zero-order valence-electron chi connectivity index (χ0n) is 10.3. The third-order valence-electron chi connectivity index (χ3n) is 2.91. The molecule has 0 saturated carbocycles. The van der Waals surface area contributed by atoms with Gasteiger partial charge in [-0.25, -0.2) is 4.79 Å². The average molecular weight is 220 g/mol. The third-order valence-corrected chi connectivity index (χ3v) is 2.91. The Morgan fingerprint density at radius 2 is 1.56 bits per heavy atom. The quantitative estimate of drug-likeness (QED) is 0.823. The number of carboxylic acids is 1. The molecule has 1 N–H and O–H groups in total. The summed E-state index contributed by atoms with van der Waals surface area (Å²) in [4.78, 5) is 11.0. The summed E-state index contributed by atoms with van der Waals surface area (Å²) in [6.07, 6.45) is 4.03. The van der Waals surface area contributed by atoms with Crippen LogP contribution in [0.1, 0.15) is 53.7 Å². The minimum Gasteiger partial charge on any atom is -0.478 e. The molecule has 2 nitrogen and oxygen atoms in total. The Balaban J connectivity index is 3.21. The molecule has 0 unspecified atom stereocenters. The summed E-state index contributed by atoms with van der Waals surface area (Å²) in [5.74, 6) is -0.824. The number of hydrogen-bond donors (Lipinski definition) is 1. The van der Waals surface area contributed by atoms with Gasteiger partial charge in [-0.2, -0.15) is 0 Å². The molecule has 2 heteroatoms. The van der Waals surface area contributed by atoms with Gasteiger partial charge in [0.05, 0.1) is 5.56 Å². The Hall–Kier alpha value is -1.31. The molecule has 0 aliphatic rings. The predicted molar refractivity (Wildman–Crippen MR) is 66.1 cm³/mol. The van der Waals surface area contributed by atoms with Crippen molar-refractivity contribution in [3.8, 4) is 0 Å². The van der Waals surface area contributed by atoms with E-state index in [1.807, 2.05) is 12.1 Å². The van der Waals surface area contributed by atoms with Gasteiger partial charge < -0.3 is 5.11 Å². The van der Waals surface area contributed by atoms with Crippen LogP contribution in [0.3, 0.4) is 0 Å². The van der Waals surface area contributed by atoms with Crippen molar-refractivity contribution in [3.63, 3.8) is 0 Å². The van der Waals surface area contributed by atoms with Crippen molar-refractivity contribution in [3.05, 3.63) is 34.4 Å². The van der Waals surface area contributed by atoms with Crippen molar-refractivity contribution in [2.75, 3.05) is 0 Å². The number of benzene rings is 1.